The van der Waals surface area contributed by atoms with Crippen molar-refractivity contribution in [1.29, 1.82) is 0 Å². The first-order valence-electron chi connectivity index (χ1n) is 7.05. The Morgan fingerprint density at radius 3 is 3.14 bits per heavy atom. The molecule has 0 saturated carbocycles. The maximum Gasteiger partial charge on any atom is 0.229 e. The number of rotatable bonds is 3. The molecule has 1 saturated heterocycles. The molecule has 21 heavy (non-hydrogen) atoms. The van der Waals surface area contributed by atoms with Gasteiger partial charge in [0, 0.05) is 29.2 Å². The molecule has 108 valence electrons. The van der Waals surface area contributed by atoms with Crippen molar-refractivity contribution in [3.05, 3.63) is 45.9 Å². The Morgan fingerprint density at radius 2 is 2.33 bits per heavy atom. The van der Waals surface area contributed by atoms with E-state index in [2.05, 4.69) is 22.5 Å². The summed E-state index contributed by atoms with van der Waals surface area (Å²) in [5, 5.41) is 4.08. The highest BCUT2D eigenvalue weighted by molar-refractivity contribution is 7.15. The van der Waals surface area contributed by atoms with Crippen molar-refractivity contribution in [3.8, 4) is 0 Å². The first kappa shape index (κ1) is 13.0. The molecule has 0 aliphatic carbocycles. The second kappa shape index (κ2) is 5.27. The minimum Gasteiger partial charge on any atom is -0.335 e. The van der Waals surface area contributed by atoms with Crippen LogP contribution in [0.5, 0.6) is 0 Å². The zero-order valence-electron chi connectivity index (χ0n) is 11.4. The molecule has 1 atom stereocenters. The minimum absolute atomic E-state index is 0.191. The molecule has 1 amide bonds. The van der Waals surface area contributed by atoms with Crippen molar-refractivity contribution in [3.63, 3.8) is 0 Å². The van der Waals surface area contributed by atoms with E-state index in [0.717, 1.165) is 30.0 Å². The van der Waals surface area contributed by atoms with Crippen LogP contribution in [0.15, 0.2) is 35.3 Å². The summed E-state index contributed by atoms with van der Waals surface area (Å²) in [6.07, 6.45) is 6.50. The SMILES string of the molecule is O=C(Cc1cn2ccsc2n1)N1CCC[C@@H]1c1cccs1. The van der Waals surface area contributed by atoms with Crippen LogP contribution in [0.1, 0.15) is 29.5 Å². The molecule has 1 aliphatic heterocycles. The zero-order chi connectivity index (χ0) is 14.2. The van der Waals surface area contributed by atoms with E-state index in [0.29, 0.717) is 6.42 Å². The fraction of sp³-hybridized carbons (Fsp3) is 0.333. The molecular formula is C15H15N3OS2. The Labute approximate surface area is 130 Å². The third-order valence-electron chi connectivity index (χ3n) is 3.92. The van der Waals surface area contributed by atoms with Gasteiger partial charge in [-0.3, -0.25) is 9.20 Å². The molecule has 4 rings (SSSR count). The van der Waals surface area contributed by atoms with Gasteiger partial charge in [-0.05, 0) is 24.3 Å². The largest absolute Gasteiger partial charge is 0.335 e. The van der Waals surface area contributed by atoms with Gasteiger partial charge in [0.25, 0.3) is 0 Å². The number of thiophene rings is 1. The molecule has 0 spiro atoms. The van der Waals surface area contributed by atoms with Gasteiger partial charge in [0.05, 0.1) is 18.2 Å². The third-order valence-corrected chi connectivity index (χ3v) is 5.66. The van der Waals surface area contributed by atoms with E-state index in [9.17, 15) is 4.79 Å². The number of likely N-dealkylation sites (tertiary alicyclic amines) is 1. The Kier molecular flexibility index (Phi) is 3.27. The van der Waals surface area contributed by atoms with Crippen LogP contribution in [0.3, 0.4) is 0 Å². The van der Waals surface area contributed by atoms with Crippen LogP contribution in [0.4, 0.5) is 0 Å². The monoisotopic (exact) mass is 317 g/mol. The summed E-state index contributed by atoms with van der Waals surface area (Å²) in [4.78, 5) is 21.4. The number of fused-ring (bicyclic) bond motifs is 1. The summed E-state index contributed by atoms with van der Waals surface area (Å²) in [6, 6.07) is 4.46. The summed E-state index contributed by atoms with van der Waals surface area (Å²) in [7, 11) is 0. The zero-order valence-corrected chi connectivity index (χ0v) is 13.1. The lowest BCUT2D eigenvalue weighted by Crippen LogP contribution is -2.31. The highest BCUT2D eigenvalue weighted by Gasteiger charge is 2.30. The molecule has 0 N–H and O–H groups in total. The number of thiazole rings is 1. The van der Waals surface area contributed by atoms with Crippen molar-refractivity contribution >= 4 is 33.5 Å². The molecule has 1 aliphatic rings. The average molecular weight is 317 g/mol. The number of imidazole rings is 1. The summed E-state index contributed by atoms with van der Waals surface area (Å²) in [6.45, 7) is 0.865. The van der Waals surface area contributed by atoms with E-state index in [1.165, 1.54) is 4.88 Å². The molecule has 4 nitrogen and oxygen atoms in total. The van der Waals surface area contributed by atoms with Crippen molar-refractivity contribution in [2.45, 2.75) is 25.3 Å². The molecule has 0 radical (unpaired) electrons. The van der Waals surface area contributed by atoms with Crippen LogP contribution < -0.4 is 0 Å². The van der Waals surface area contributed by atoms with Crippen LogP contribution >= 0.6 is 22.7 Å². The average Bonchev–Trinajstić information content (AvgIpc) is 3.22. The molecule has 4 heterocycles. The van der Waals surface area contributed by atoms with E-state index in [4.69, 9.17) is 0 Å². The smallest absolute Gasteiger partial charge is 0.229 e. The van der Waals surface area contributed by atoms with Crippen LogP contribution in [0.25, 0.3) is 4.96 Å². The molecule has 0 unspecified atom stereocenters. The standard InChI is InChI=1S/C15H15N3OS2/c19-14(9-11-10-17-6-8-21-15(17)16-11)18-5-1-3-12(18)13-4-2-7-20-13/h2,4,6-8,10,12H,1,3,5,9H2/t12-/m1/s1. The topological polar surface area (TPSA) is 37.6 Å². The highest BCUT2D eigenvalue weighted by atomic mass is 32.1. The predicted octanol–water partition coefficient (Wildman–Crippen LogP) is 3.36. The van der Waals surface area contributed by atoms with E-state index >= 15 is 0 Å². The minimum atomic E-state index is 0.191. The van der Waals surface area contributed by atoms with Crippen molar-refractivity contribution in [1.82, 2.24) is 14.3 Å². The van der Waals surface area contributed by atoms with Crippen molar-refractivity contribution in [2.24, 2.45) is 0 Å². The van der Waals surface area contributed by atoms with Crippen molar-refractivity contribution in [2.75, 3.05) is 6.54 Å². The van der Waals surface area contributed by atoms with Crippen LogP contribution in [-0.2, 0) is 11.2 Å². The fourth-order valence-corrected chi connectivity index (χ4v) is 4.55. The summed E-state index contributed by atoms with van der Waals surface area (Å²) >= 11 is 3.34. The molecule has 0 bridgehead atoms. The fourth-order valence-electron chi connectivity index (χ4n) is 2.96. The number of carbonyl (C=O) groups excluding carboxylic acids is 1. The second-order valence-corrected chi connectivity index (χ2v) is 7.11. The van der Waals surface area contributed by atoms with Gasteiger partial charge >= 0.3 is 0 Å². The molecule has 0 aromatic carbocycles. The molecule has 1 fully saturated rings. The Morgan fingerprint density at radius 1 is 1.38 bits per heavy atom. The van der Waals surface area contributed by atoms with Crippen LogP contribution in [0, 0.1) is 0 Å². The number of hydrogen-bond donors (Lipinski definition) is 0. The summed E-state index contributed by atoms with van der Waals surface area (Å²) < 4.78 is 1.98. The van der Waals surface area contributed by atoms with Gasteiger partial charge in [-0.25, -0.2) is 4.98 Å². The Balaban J connectivity index is 1.52. The molecule has 3 aromatic heterocycles. The maximum atomic E-state index is 12.6. The molecular weight excluding hydrogens is 302 g/mol. The lowest BCUT2D eigenvalue weighted by Gasteiger charge is -2.23. The predicted molar refractivity (Wildman–Crippen MR) is 84.8 cm³/mol. The number of carbonyl (C=O) groups is 1. The van der Waals surface area contributed by atoms with Gasteiger partial charge in [-0.2, -0.15) is 0 Å². The van der Waals surface area contributed by atoms with Gasteiger partial charge in [0.15, 0.2) is 4.96 Å². The third kappa shape index (κ3) is 2.38. The molecule has 6 heteroatoms. The Hall–Kier alpha value is -1.66. The first-order chi connectivity index (χ1) is 10.3. The van der Waals surface area contributed by atoms with Gasteiger partial charge in [0.1, 0.15) is 0 Å². The molecule has 3 aromatic rings. The van der Waals surface area contributed by atoms with E-state index < -0.39 is 0 Å². The first-order valence-corrected chi connectivity index (χ1v) is 8.81. The second-order valence-electron chi connectivity index (χ2n) is 5.26. The summed E-state index contributed by atoms with van der Waals surface area (Å²) in [5.74, 6) is 0.191. The van der Waals surface area contributed by atoms with Gasteiger partial charge in [0.2, 0.25) is 5.91 Å². The van der Waals surface area contributed by atoms with E-state index in [-0.39, 0.29) is 11.9 Å². The van der Waals surface area contributed by atoms with Gasteiger partial charge in [-0.15, -0.1) is 22.7 Å². The van der Waals surface area contributed by atoms with Gasteiger partial charge < -0.3 is 4.90 Å². The Bertz CT molecular complexity index is 730. The normalized spacial score (nSPS) is 18.7. The van der Waals surface area contributed by atoms with E-state index in [1.54, 1.807) is 22.7 Å². The maximum absolute atomic E-state index is 12.6. The number of aromatic nitrogens is 2. The van der Waals surface area contributed by atoms with E-state index in [1.807, 2.05) is 27.1 Å². The number of amides is 1. The lowest BCUT2D eigenvalue weighted by molar-refractivity contribution is -0.131. The number of nitrogens with zero attached hydrogens (tertiary/aromatic N) is 3. The van der Waals surface area contributed by atoms with Crippen LogP contribution in [-0.4, -0.2) is 26.7 Å². The van der Waals surface area contributed by atoms with Crippen molar-refractivity contribution < 1.29 is 4.79 Å². The number of hydrogen-bond acceptors (Lipinski definition) is 4. The lowest BCUT2D eigenvalue weighted by atomic mass is 10.2. The quantitative estimate of drug-likeness (QED) is 0.743. The van der Waals surface area contributed by atoms with Crippen LogP contribution in [0.2, 0.25) is 0 Å². The summed E-state index contributed by atoms with van der Waals surface area (Å²) in [5.41, 5.74) is 0.865. The van der Waals surface area contributed by atoms with Gasteiger partial charge in [-0.1, -0.05) is 6.07 Å². The highest BCUT2D eigenvalue weighted by Crippen LogP contribution is 2.34.